The minimum atomic E-state index is 0.495. The third kappa shape index (κ3) is 3.39. The fourth-order valence-electron chi connectivity index (χ4n) is 1.69. The van der Waals surface area contributed by atoms with Crippen molar-refractivity contribution in [3.8, 4) is 0 Å². The molecule has 4 nitrogen and oxygen atoms in total. The van der Waals surface area contributed by atoms with Crippen LogP contribution in [-0.2, 0) is 13.1 Å². The van der Waals surface area contributed by atoms with Gasteiger partial charge in [0.15, 0.2) is 0 Å². The average molecular weight is 230 g/mol. The Bertz CT molecular complexity index is 448. The van der Waals surface area contributed by atoms with E-state index < -0.39 is 0 Å². The van der Waals surface area contributed by atoms with E-state index in [2.05, 4.69) is 53.5 Å². The third-order valence-electron chi connectivity index (χ3n) is 2.62. The molecule has 0 fully saturated rings. The van der Waals surface area contributed by atoms with Crippen LogP contribution in [0.15, 0.2) is 36.9 Å². The summed E-state index contributed by atoms with van der Waals surface area (Å²) in [7, 11) is 0. The van der Waals surface area contributed by atoms with Gasteiger partial charge in [0.1, 0.15) is 12.7 Å². The number of benzene rings is 1. The van der Waals surface area contributed by atoms with Gasteiger partial charge in [-0.05, 0) is 11.1 Å². The van der Waals surface area contributed by atoms with E-state index >= 15 is 0 Å². The average Bonchev–Trinajstić information content (AvgIpc) is 2.80. The molecule has 0 radical (unpaired) electrons. The summed E-state index contributed by atoms with van der Waals surface area (Å²) >= 11 is 0. The first kappa shape index (κ1) is 11.8. The van der Waals surface area contributed by atoms with E-state index in [1.54, 1.807) is 12.7 Å². The maximum atomic E-state index is 4.13. The first-order valence-corrected chi connectivity index (χ1v) is 5.88. The summed E-state index contributed by atoms with van der Waals surface area (Å²) in [6, 6.07) is 8.92. The van der Waals surface area contributed by atoms with E-state index in [1.807, 2.05) is 4.68 Å². The van der Waals surface area contributed by atoms with Gasteiger partial charge in [0, 0.05) is 12.6 Å². The van der Waals surface area contributed by atoms with Gasteiger partial charge in [0.05, 0.1) is 6.54 Å². The molecule has 90 valence electrons. The molecule has 1 aromatic heterocycles. The van der Waals surface area contributed by atoms with E-state index in [1.165, 1.54) is 11.1 Å². The molecule has 0 saturated carbocycles. The Balaban J connectivity index is 2.10. The van der Waals surface area contributed by atoms with Crippen LogP contribution < -0.4 is 5.32 Å². The molecular formula is C13H18N4. The Morgan fingerprint density at radius 3 is 2.65 bits per heavy atom. The normalized spacial score (nSPS) is 11.0. The highest BCUT2D eigenvalue weighted by Gasteiger charge is 2.03. The fourth-order valence-corrected chi connectivity index (χ4v) is 1.69. The van der Waals surface area contributed by atoms with E-state index in [-0.39, 0.29) is 0 Å². The molecule has 1 aromatic carbocycles. The van der Waals surface area contributed by atoms with Gasteiger partial charge in [-0.2, -0.15) is 5.10 Å². The molecule has 0 aliphatic heterocycles. The largest absolute Gasteiger partial charge is 0.310 e. The smallest absolute Gasteiger partial charge is 0.137 e. The van der Waals surface area contributed by atoms with Crippen molar-refractivity contribution in [2.45, 2.75) is 33.0 Å². The van der Waals surface area contributed by atoms with E-state index in [0.717, 1.165) is 13.1 Å². The van der Waals surface area contributed by atoms with E-state index in [9.17, 15) is 0 Å². The zero-order chi connectivity index (χ0) is 12.1. The number of hydrogen-bond donors (Lipinski definition) is 1. The summed E-state index contributed by atoms with van der Waals surface area (Å²) in [5.74, 6) is 0. The summed E-state index contributed by atoms with van der Waals surface area (Å²) in [5.41, 5.74) is 2.60. The van der Waals surface area contributed by atoms with Crippen LogP contribution in [0.5, 0.6) is 0 Å². The Kier molecular flexibility index (Phi) is 3.88. The van der Waals surface area contributed by atoms with Crippen LogP contribution in [0.25, 0.3) is 0 Å². The molecule has 0 saturated heterocycles. The Morgan fingerprint density at radius 2 is 2.00 bits per heavy atom. The first-order chi connectivity index (χ1) is 8.25. The predicted molar refractivity (Wildman–Crippen MR) is 67.5 cm³/mol. The van der Waals surface area contributed by atoms with Crippen molar-refractivity contribution >= 4 is 0 Å². The van der Waals surface area contributed by atoms with Crippen LogP contribution in [0, 0.1) is 0 Å². The fraction of sp³-hybridized carbons (Fsp3) is 0.385. The zero-order valence-corrected chi connectivity index (χ0v) is 10.3. The highest BCUT2D eigenvalue weighted by Crippen LogP contribution is 2.10. The highest BCUT2D eigenvalue weighted by molar-refractivity contribution is 5.27. The molecule has 17 heavy (non-hydrogen) atoms. The number of rotatable bonds is 5. The van der Waals surface area contributed by atoms with Crippen LogP contribution in [-0.4, -0.2) is 20.8 Å². The van der Waals surface area contributed by atoms with Gasteiger partial charge in [0.25, 0.3) is 0 Å². The summed E-state index contributed by atoms with van der Waals surface area (Å²) < 4.78 is 1.84. The van der Waals surface area contributed by atoms with Gasteiger partial charge in [-0.3, -0.25) is 0 Å². The standard InChI is InChI=1S/C13H18N4/c1-11(2)15-7-12-5-3-4-6-13(12)8-17-10-14-9-16-17/h3-6,9-11,15H,7-8H2,1-2H3. The summed E-state index contributed by atoms with van der Waals surface area (Å²) in [4.78, 5) is 3.96. The molecular weight excluding hydrogens is 212 g/mol. The van der Waals surface area contributed by atoms with Crippen molar-refractivity contribution in [1.29, 1.82) is 0 Å². The molecule has 0 aliphatic carbocycles. The molecule has 4 heteroatoms. The van der Waals surface area contributed by atoms with Crippen molar-refractivity contribution in [2.75, 3.05) is 0 Å². The predicted octanol–water partition coefficient (Wildman–Crippen LogP) is 1.82. The molecule has 2 rings (SSSR count). The second-order valence-electron chi connectivity index (χ2n) is 4.40. The molecule has 0 aliphatic rings. The molecule has 0 unspecified atom stereocenters. The lowest BCUT2D eigenvalue weighted by molar-refractivity contribution is 0.582. The summed E-state index contributed by atoms with van der Waals surface area (Å²) in [5, 5.41) is 7.57. The van der Waals surface area contributed by atoms with Gasteiger partial charge in [-0.25, -0.2) is 9.67 Å². The molecule has 1 N–H and O–H groups in total. The summed E-state index contributed by atoms with van der Waals surface area (Å²) in [6.45, 7) is 5.97. The Morgan fingerprint density at radius 1 is 1.24 bits per heavy atom. The lowest BCUT2D eigenvalue weighted by atomic mass is 10.1. The third-order valence-corrected chi connectivity index (χ3v) is 2.62. The van der Waals surface area contributed by atoms with Crippen LogP contribution in [0.1, 0.15) is 25.0 Å². The molecule has 2 aromatic rings. The monoisotopic (exact) mass is 230 g/mol. The van der Waals surface area contributed by atoms with Crippen molar-refractivity contribution in [3.05, 3.63) is 48.0 Å². The van der Waals surface area contributed by atoms with Gasteiger partial charge < -0.3 is 5.32 Å². The van der Waals surface area contributed by atoms with Gasteiger partial charge in [0.2, 0.25) is 0 Å². The quantitative estimate of drug-likeness (QED) is 0.852. The van der Waals surface area contributed by atoms with Crippen molar-refractivity contribution in [3.63, 3.8) is 0 Å². The number of nitrogens with zero attached hydrogens (tertiary/aromatic N) is 3. The van der Waals surface area contributed by atoms with Gasteiger partial charge >= 0.3 is 0 Å². The SMILES string of the molecule is CC(C)NCc1ccccc1Cn1cncn1. The Labute approximate surface area is 102 Å². The van der Waals surface area contributed by atoms with Crippen molar-refractivity contribution in [1.82, 2.24) is 20.1 Å². The molecule has 0 atom stereocenters. The molecule has 1 heterocycles. The topological polar surface area (TPSA) is 42.7 Å². The Hall–Kier alpha value is -1.68. The van der Waals surface area contributed by atoms with Gasteiger partial charge in [-0.1, -0.05) is 38.1 Å². The van der Waals surface area contributed by atoms with Gasteiger partial charge in [-0.15, -0.1) is 0 Å². The maximum absolute atomic E-state index is 4.13. The second kappa shape index (κ2) is 5.59. The maximum Gasteiger partial charge on any atom is 0.137 e. The lowest BCUT2D eigenvalue weighted by Crippen LogP contribution is -2.22. The van der Waals surface area contributed by atoms with E-state index in [4.69, 9.17) is 0 Å². The number of aromatic nitrogens is 3. The first-order valence-electron chi connectivity index (χ1n) is 5.88. The van der Waals surface area contributed by atoms with Crippen LogP contribution >= 0.6 is 0 Å². The van der Waals surface area contributed by atoms with Crippen molar-refractivity contribution in [2.24, 2.45) is 0 Å². The summed E-state index contributed by atoms with van der Waals surface area (Å²) in [6.07, 6.45) is 3.31. The van der Waals surface area contributed by atoms with Crippen molar-refractivity contribution < 1.29 is 0 Å². The van der Waals surface area contributed by atoms with E-state index in [0.29, 0.717) is 6.04 Å². The molecule has 0 amide bonds. The minimum absolute atomic E-state index is 0.495. The van der Waals surface area contributed by atoms with Crippen LogP contribution in [0.4, 0.5) is 0 Å². The van der Waals surface area contributed by atoms with Crippen LogP contribution in [0.3, 0.4) is 0 Å². The minimum Gasteiger partial charge on any atom is -0.310 e. The zero-order valence-electron chi connectivity index (χ0n) is 10.3. The van der Waals surface area contributed by atoms with Crippen LogP contribution in [0.2, 0.25) is 0 Å². The number of hydrogen-bond acceptors (Lipinski definition) is 3. The number of nitrogens with one attached hydrogen (secondary N) is 1. The molecule has 0 spiro atoms. The highest BCUT2D eigenvalue weighted by atomic mass is 15.3. The molecule has 0 bridgehead atoms. The second-order valence-corrected chi connectivity index (χ2v) is 4.40. The lowest BCUT2D eigenvalue weighted by Gasteiger charge is -2.12.